The smallest absolute Gasteiger partial charge is 0.0746 e. The van der Waals surface area contributed by atoms with Crippen LogP contribution in [0.3, 0.4) is 0 Å². The normalized spacial score (nSPS) is 29.8. The van der Waals surface area contributed by atoms with Crippen molar-refractivity contribution in [3.05, 3.63) is 12.2 Å². The molecule has 16 heavy (non-hydrogen) atoms. The Labute approximate surface area is 101 Å². The Morgan fingerprint density at radius 3 is 2.69 bits per heavy atom. The van der Waals surface area contributed by atoms with Crippen molar-refractivity contribution in [3.8, 4) is 0 Å². The van der Waals surface area contributed by atoms with E-state index in [1.807, 2.05) is 6.08 Å². The van der Waals surface area contributed by atoms with E-state index in [1.165, 1.54) is 32.1 Å². The van der Waals surface area contributed by atoms with E-state index in [1.54, 1.807) is 0 Å². The number of aliphatic hydroxyl groups is 1. The second kappa shape index (κ2) is 7.11. The highest BCUT2D eigenvalue weighted by atomic mass is 16.3. The van der Waals surface area contributed by atoms with Crippen molar-refractivity contribution in [2.45, 2.75) is 65.4 Å². The Balaban J connectivity index is 2.42. The second-order valence-corrected chi connectivity index (χ2v) is 5.40. The number of rotatable bonds is 6. The Morgan fingerprint density at radius 1 is 1.31 bits per heavy atom. The fourth-order valence-electron chi connectivity index (χ4n) is 2.74. The van der Waals surface area contributed by atoms with Gasteiger partial charge in [-0.2, -0.15) is 0 Å². The van der Waals surface area contributed by atoms with Gasteiger partial charge in [0, 0.05) is 0 Å². The van der Waals surface area contributed by atoms with Crippen molar-refractivity contribution in [1.82, 2.24) is 0 Å². The van der Waals surface area contributed by atoms with E-state index in [-0.39, 0.29) is 6.10 Å². The molecule has 0 radical (unpaired) electrons. The number of allylic oxidation sites excluding steroid dienone is 1. The maximum absolute atomic E-state index is 9.91. The molecule has 4 unspecified atom stereocenters. The fourth-order valence-corrected chi connectivity index (χ4v) is 2.74. The van der Waals surface area contributed by atoms with Crippen LogP contribution in [-0.2, 0) is 0 Å². The summed E-state index contributed by atoms with van der Waals surface area (Å²) in [6, 6.07) is 0. The molecule has 1 aliphatic carbocycles. The van der Waals surface area contributed by atoms with Crippen molar-refractivity contribution in [3.63, 3.8) is 0 Å². The minimum atomic E-state index is -0.243. The molecule has 0 aromatic rings. The summed E-state index contributed by atoms with van der Waals surface area (Å²) in [5.74, 6) is 2.01. The van der Waals surface area contributed by atoms with Gasteiger partial charge in [0.15, 0.2) is 0 Å². The topological polar surface area (TPSA) is 20.2 Å². The molecular weight excluding hydrogens is 196 g/mol. The summed E-state index contributed by atoms with van der Waals surface area (Å²) in [7, 11) is 0. The second-order valence-electron chi connectivity index (χ2n) is 5.40. The highest BCUT2D eigenvalue weighted by Crippen LogP contribution is 2.35. The maximum Gasteiger partial charge on any atom is 0.0746 e. The van der Waals surface area contributed by atoms with E-state index in [0.29, 0.717) is 5.92 Å². The molecule has 0 aromatic heterocycles. The zero-order chi connectivity index (χ0) is 12.0. The van der Waals surface area contributed by atoms with Gasteiger partial charge in [0.1, 0.15) is 0 Å². The minimum Gasteiger partial charge on any atom is -0.389 e. The molecule has 0 aromatic carbocycles. The highest BCUT2D eigenvalue weighted by molar-refractivity contribution is 4.98. The molecule has 0 heterocycles. The Hall–Kier alpha value is -0.300. The molecule has 1 aliphatic rings. The van der Waals surface area contributed by atoms with Crippen molar-refractivity contribution in [1.29, 1.82) is 0 Å². The third kappa shape index (κ3) is 3.93. The van der Waals surface area contributed by atoms with E-state index in [0.717, 1.165) is 18.3 Å². The van der Waals surface area contributed by atoms with E-state index in [9.17, 15) is 5.11 Å². The first-order chi connectivity index (χ1) is 7.69. The van der Waals surface area contributed by atoms with E-state index < -0.39 is 0 Å². The molecule has 94 valence electrons. The van der Waals surface area contributed by atoms with Crippen molar-refractivity contribution < 1.29 is 5.11 Å². The molecule has 0 bridgehead atoms. The van der Waals surface area contributed by atoms with Crippen LogP contribution in [0.25, 0.3) is 0 Å². The summed E-state index contributed by atoms with van der Waals surface area (Å²) in [6.07, 6.45) is 11.9. The molecule has 1 heteroatoms. The summed E-state index contributed by atoms with van der Waals surface area (Å²) < 4.78 is 0. The average molecular weight is 224 g/mol. The molecule has 0 spiro atoms. The average Bonchev–Trinajstić information content (AvgIpc) is 2.73. The van der Waals surface area contributed by atoms with Crippen LogP contribution in [-0.4, -0.2) is 11.2 Å². The van der Waals surface area contributed by atoms with Crippen LogP contribution >= 0.6 is 0 Å². The first-order valence-corrected chi connectivity index (χ1v) is 7.05. The van der Waals surface area contributed by atoms with Gasteiger partial charge in [0.2, 0.25) is 0 Å². The zero-order valence-electron chi connectivity index (χ0n) is 11.2. The van der Waals surface area contributed by atoms with Crippen LogP contribution in [0.1, 0.15) is 59.3 Å². The van der Waals surface area contributed by atoms with Crippen molar-refractivity contribution in [2.75, 3.05) is 0 Å². The lowest BCUT2D eigenvalue weighted by Crippen LogP contribution is -2.14. The van der Waals surface area contributed by atoms with Gasteiger partial charge in [0.25, 0.3) is 0 Å². The van der Waals surface area contributed by atoms with Gasteiger partial charge in [-0.15, -0.1) is 0 Å². The van der Waals surface area contributed by atoms with Gasteiger partial charge in [-0.3, -0.25) is 0 Å². The lowest BCUT2D eigenvalue weighted by molar-refractivity contribution is 0.159. The molecular formula is C15H28O. The van der Waals surface area contributed by atoms with Crippen LogP contribution in [0.5, 0.6) is 0 Å². The fraction of sp³-hybridized carbons (Fsp3) is 0.867. The van der Waals surface area contributed by atoms with E-state index in [2.05, 4.69) is 26.8 Å². The SMILES string of the molecule is CCCC1CCCC1/C=C\C(O)C(C)CC. The Kier molecular flexibility index (Phi) is 6.12. The van der Waals surface area contributed by atoms with Gasteiger partial charge in [-0.1, -0.05) is 58.6 Å². The quantitative estimate of drug-likeness (QED) is 0.671. The largest absolute Gasteiger partial charge is 0.389 e. The molecule has 4 atom stereocenters. The number of aliphatic hydroxyl groups excluding tert-OH is 1. The molecule has 1 rings (SSSR count). The summed E-state index contributed by atoms with van der Waals surface area (Å²) in [6.45, 7) is 6.53. The monoisotopic (exact) mass is 224 g/mol. The van der Waals surface area contributed by atoms with Gasteiger partial charge in [-0.05, 0) is 30.6 Å². The van der Waals surface area contributed by atoms with Gasteiger partial charge >= 0.3 is 0 Å². The van der Waals surface area contributed by atoms with Crippen LogP contribution in [0.15, 0.2) is 12.2 Å². The first-order valence-electron chi connectivity index (χ1n) is 7.05. The number of hydrogen-bond donors (Lipinski definition) is 1. The Morgan fingerprint density at radius 2 is 2.06 bits per heavy atom. The van der Waals surface area contributed by atoms with Gasteiger partial charge in [-0.25, -0.2) is 0 Å². The Bertz CT molecular complexity index is 209. The molecule has 1 nitrogen and oxygen atoms in total. The summed E-state index contributed by atoms with van der Waals surface area (Å²) in [5, 5.41) is 9.91. The van der Waals surface area contributed by atoms with Crippen molar-refractivity contribution >= 4 is 0 Å². The molecule has 1 fully saturated rings. The summed E-state index contributed by atoms with van der Waals surface area (Å²) >= 11 is 0. The molecule has 0 amide bonds. The zero-order valence-corrected chi connectivity index (χ0v) is 11.2. The summed E-state index contributed by atoms with van der Waals surface area (Å²) in [5.41, 5.74) is 0. The maximum atomic E-state index is 9.91. The van der Waals surface area contributed by atoms with Crippen LogP contribution < -0.4 is 0 Å². The third-order valence-electron chi connectivity index (χ3n) is 4.16. The van der Waals surface area contributed by atoms with Crippen LogP contribution in [0.2, 0.25) is 0 Å². The molecule has 0 aliphatic heterocycles. The molecule has 0 saturated heterocycles. The minimum absolute atomic E-state index is 0.243. The summed E-state index contributed by atoms with van der Waals surface area (Å²) in [4.78, 5) is 0. The van der Waals surface area contributed by atoms with Gasteiger partial charge < -0.3 is 5.11 Å². The molecule has 1 N–H and O–H groups in total. The highest BCUT2D eigenvalue weighted by Gasteiger charge is 2.24. The van der Waals surface area contributed by atoms with Crippen LogP contribution in [0.4, 0.5) is 0 Å². The molecule has 1 saturated carbocycles. The first kappa shape index (κ1) is 13.8. The lowest BCUT2D eigenvalue weighted by Gasteiger charge is -2.17. The third-order valence-corrected chi connectivity index (χ3v) is 4.16. The van der Waals surface area contributed by atoms with Crippen LogP contribution in [0, 0.1) is 17.8 Å². The number of hydrogen-bond acceptors (Lipinski definition) is 1. The standard InChI is InChI=1S/C15H28O/c1-4-7-13-8-6-9-14(13)10-11-15(16)12(3)5-2/h10-16H,4-9H2,1-3H3/b11-10-. The van der Waals surface area contributed by atoms with Gasteiger partial charge in [0.05, 0.1) is 6.10 Å². The predicted octanol–water partition coefficient (Wildman–Crippen LogP) is 4.17. The predicted molar refractivity (Wildman–Crippen MR) is 70.3 cm³/mol. The van der Waals surface area contributed by atoms with E-state index in [4.69, 9.17) is 0 Å². The van der Waals surface area contributed by atoms with Crippen molar-refractivity contribution in [2.24, 2.45) is 17.8 Å². The lowest BCUT2D eigenvalue weighted by atomic mass is 9.90. The van der Waals surface area contributed by atoms with E-state index >= 15 is 0 Å².